The predicted molar refractivity (Wildman–Crippen MR) is 79.0 cm³/mol. The van der Waals surface area contributed by atoms with Crippen LogP contribution in [0.15, 0.2) is 18.5 Å². The number of piperidine rings is 1. The van der Waals surface area contributed by atoms with E-state index in [9.17, 15) is 13.2 Å². The van der Waals surface area contributed by atoms with E-state index in [0.29, 0.717) is 32.5 Å². The summed E-state index contributed by atoms with van der Waals surface area (Å²) in [5.74, 6) is -0.0346. The molecule has 0 aliphatic carbocycles. The zero-order chi connectivity index (χ0) is 15.5. The van der Waals surface area contributed by atoms with Gasteiger partial charge in [0.15, 0.2) is 0 Å². The first-order chi connectivity index (χ1) is 9.85. The molecule has 1 amide bonds. The van der Waals surface area contributed by atoms with Crippen LogP contribution in [0.3, 0.4) is 0 Å². The molecule has 0 aromatic carbocycles. The zero-order valence-corrected chi connectivity index (χ0v) is 13.2. The highest BCUT2D eigenvalue weighted by Gasteiger charge is 2.27. The maximum absolute atomic E-state index is 12.4. The topological polar surface area (TPSA) is 84.3 Å². The molecule has 21 heavy (non-hydrogen) atoms. The highest BCUT2D eigenvalue weighted by atomic mass is 32.2. The summed E-state index contributed by atoms with van der Waals surface area (Å²) in [5, 5.41) is 4.11. The fourth-order valence-corrected chi connectivity index (χ4v) is 3.44. The molecule has 1 aliphatic heterocycles. The number of hydrogen-bond donors (Lipinski definition) is 1. The van der Waals surface area contributed by atoms with Gasteiger partial charge in [-0.15, -0.1) is 0 Å². The number of carbonyl (C=O) groups excluding carboxylic acids is 1. The fourth-order valence-electron chi connectivity index (χ4n) is 2.60. The summed E-state index contributed by atoms with van der Waals surface area (Å²) in [5.41, 5.74) is 0. The van der Waals surface area contributed by atoms with Crippen LogP contribution in [0.5, 0.6) is 0 Å². The van der Waals surface area contributed by atoms with Crippen molar-refractivity contribution in [3.8, 4) is 0 Å². The first-order valence-electron chi connectivity index (χ1n) is 7.08. The number of hydrogen-bond acceptors (Lipinski definition) is 4. The third-order valence-corrected chi connectivity index (χ3v) is 4.39. The Balaban J connectivity index is 1.82. The van der Waals surface area contributed by atoms with E-state index < -0.39 is 10.0 Å². The lowest BCUT2D eigenvalue weighted by molar-refractivity contribution is -0.136. The van der Waals surface area contributed by atoms with E-state index in [1.54, 1.807) is 10.9 Å². The van der Waals surface area contributed by atoms with Gasteiger partial charge < -0.3 is 4.90 Å². The Labute approximate surface area is 125 Å². The van der Waals surface area contributed by atoms with Gasteiger partial charge in [0.1, 0.15) is 0 Å². The third kappa shape index (κ3) is 4.82. The number of sulfonamides is 1. The van der Waals surface area contributed by atoms with Crippen LogP contribution in [0, 0.1) is 5.92 Å². The lowest BCUT2D eigenvalue weighted by Gasteiger charge is -2.33. The first kappa shape index (κ1) is 16.0. The summed E-state index contributed by atoms with van der Waals surface area (Å²) < 4.78 is 26.8. The summed E-state index contributed by atoms with van der Waals surface area (Å²) in [7, 11) is -3.18. The van der Waals surface area contributed by atoms with E-state index >= 15 is 0 Å². The molecule has 1 aliphatic rings. The van der Waals surface area contributed by atoms with E-state index in [4.69, 9.17) is 0 Å². The second-order valence-corrected chi connectivity index (χ2v) is 7.40. The van der Waals surface area contributed by atoms with Gasteiger partial charge in [-0.25, -0.2) is 13.1 Å². The van der Waals surface area contributed by atoms with E-state index in [1.807, 2.05) is 24.1 Å². The number of nitrogens with zero attached hydrogens (tertiary/aromatic N) is 3. The molecule has 1 atom stereocenters. The van der Waals surface area contributed by atoms with Crippen LogP contribution in [0.4, 0.5) is 0 Å². The van der Waals surface area contributed by atoms with Crippen molar-refractivity contribution in [2.45, 2.75) is 32.4 Å². The Bertz CT molecular complexity index is 562. The maximum atomic E-state index is 12.4. The second-order valence-electron chi connectivity index (χ2n) is 5.62. The molecule has 1 aromatic heterocycles. The van der Waals surface area contributed by atoms with Crippen LogP contribution < -0.4 is 4.72 Å². The molecule has 7 nitrogen and oxygen atoms in total. The Morgan fingerprint density at radius 3 is 2.62 bits per heavy atom. The molecule has 0 radical (unpaired) electrons. The molecule has 0 spiro atoms. The minimum absolute atomic E-state index is 0.0644. The summed E-state index contributed by atoms with van der Waals surface area (Å²) in [6, 6.07) is 1.77. The van der Waals surface area contributed by atoms with Crippen LogP contribution in [0.1, 0.15) is 19.8 Å². The van der Waals surface area contributed by atoms with Gasteiger partial charge in [-0.05, 0) is 18.9 Å². The number of rotatable bonds is 5. The predicted octanol–water partition coefficient (Wildman–Crippen LogP) is 0.0594. The summed E-state index contributed by atoms with van der Waals surface area (Å²) >= 11 is 0. The fraction of sp³-hybridized carbons (Fsp3) is 0.692. The van der Waals surface area contributed by atoms with Gasteiger partial charge in [0.2, 0.25) is 15.9 Å². The summed E-state index contributed by atoms with van der Waals surface area (Å²) in [6.45, 7) is 3.64. The monoisotopic (exact) mass is 314 g/mol. The molecule has 2 heterocycles. The molecule has 8 heteroatoms. The van der Waals surface area contributed by atoms with Gasteiger partial charge in [0, 0.05) is 31.5 Å². The minimum atomic E-state index is -3.18. The molecule has 118 valence electrons. The molecular weight excluding hydrogens is 292 g/mol. The first-order valence-corrected chi connectivity index (χ1v) is 8.98. The van der Waals surface area contributed by atoms with Crippen LogP contribution in [-0.2, 0) is 21.4 Å². The number of likely N-dealkylation sites (tertiary alicyclic amines) is 1. The molecule has 1 aromatic rings. The summed E-state index contributed by atoms with van der Waals surface area (Å²) in [6.07, 6.45) is 6.02. The highest BCUT2D eigenvalue weighted by Crippen LogP contribution is 2.15. The third-order valence-electron chi connectivity index (χ3n) is 3.63. The zero-order valence-electron chi connectivity index (χ0n) is 12.4. The molecule has 1 N–H and O–H groups in total. The van der Waals surface area contributed by atoms with E-state index in [-0.39, 0.29) is 17.9 Å². The lowest BCUT2D eigenvalue weighted by atomic mass is 10.0. The Morgan fingerprint density at radius 2 is 2.10 bits per heavy atom. The van der Waals surface area contributed by atoms with Crippen molar-refractivity contribution >= 4 is 15.9 Å². The minimum Gasteiger partial charge on any atom is -0.342 e. The highest BCUT2D eigenvalue weighted by molar-refractivity contribution is 7.88. The molecule has 1 fully saturated rings. The SMILES string of the molecule is CC(Cn1cccn1)C(=O)N1CCC(NS(C)(=O)=O)CC1. The average Bonchev–Trinajstić information content (AvgIpc) is 2.90. The van der Waals surface area contributed by atoms with Crippen molar-refractivity contribution in [2.75, 3.05) is 19.3 Å². The number of carbonyl (C=O) groups is 1. The second kappa shape index (κ2) is 6.57. The van der Waals surface area contributed by atoms with Gasteiger partial charge in [0.25, 0.3) is 0 Å². The van der Waals surface area contributed by atoms with Crippen LogP contribution in [0.25, 0.3) is 0 Å². The average molecular weight is 314 g/mol. The molecule has 2 rings (SSSR count). The standard InChI is InChI=1S/C13H22N4O3S/c1-11(10-17-7-3-6-14-17)13(18)16-8-4-12(5-9-16)15-21(2,19)20/h3,6-7,11-12,15H,4-5,8-10H2,1-2H3. The van der Waals surface area contributed by atoms with E-state index in [1.165, 1.54) is 0 Å². The van der Waals surface area contributed by atoms with Crippen molar-refractivity contribution in [3.05, 3.63) is 18.5 Å². The molecule has 1 saturated heterocycles. The molecule has 1 unspecified atom stereocenters. The van der Waals surface area contributed by atoms with Crippen LogP contribution in [-0.4, -0.2) is 54.4 Å². The van der Waals surface area contributed by atoms with Crippen molar-refractivity contribution in [1.82, 2.24) is 19.4 Å². The number of aromatic nitrogens is 2. The maximum Gasteiger partial charge on any atom is 0.227 e. The molecule has 0 bridgehead atoms. The lowest BCUT2D eigenvalue weighted by Crippen LogP contribution is -2.48. The van der Waals surface area contributed by atoms with Gasteiger partial charge in [0.05, 0.1) is 18.7 Å². The summed E-state index contributed by atoms with van der Waals surface area (Å²) in [4.78, 5) is 14.2. The molecule has 0 saturated carbocycles. The molecular formula is C13H22N4O3S. The van der Waals surface area contributed by atoms with Crippen molar-refractivity contribution in [2.24, 2.45) is 5.92 Å². The van der Waals surface area contributed by atoms with Crippen LogP contribution in [0.2, 0.25) is 0 Å². The Morgan fingerprint density at radius 1 is 1.43 bits per heavy atom. The van der Waals surface area contributed by atoms with E-state index in [0.717, 1.165) is 6.26 Å². The van der Waals surface area contributed by atoms with Crippen molar-refractivity contribution in [1.29, 1.82) is 0 Å². The van der Waals surface area contributed by atoms with E-state index in [2.05, 4.69) is 9.82 Å². The van der Waals surface area contributed by atoms with Gasteiger partial charge in [-0.1, -0.05) is 6.92 Å². The van der Waals surface area contributed by atoms with Crippen LogP contribution >= 0.6 is 0 Å². The number of nitrogens with one attached hydrogen (secondary N) is 1. The number of amides is 1. The van der Waals surface area contributed by atoms with Gasteiger partial charge in [-0.3, -0.25) is 9.48 Å². The van der Waals surface area contributed by atoms with Gasteiger partial charge >= 0.3 is 0 Å². The van der Waals surface area contributed by atoms with Crippen molar-refractivity contribution in [3.63, 3.8) is 0 Å². The van der Waals surface area contributed by atoms with Crippen molar-refractivity contribution < 1.29 is 13.2 Å². The van der Waals surface area contributed by atoms with Gasteiger partial charge in [-0.2, -0.15) is 5.10 Å². The Hall–Kier alpha value is -1.41. The smallest absolute Gasteiger partial charge is 0.227 e. The largest absolute Gasteiger partial charge is 0.342 e. The Kier molecular flexibility index (Phi) is 5.00. The quantitative estimate of drug-likeness (QED) is 0.833. The normalized spacial score (nSPS) is 18.7.